The maximum absolute atomic E-state index is 5.90. The number of nitrogens with zero attached hydrogens (tertiary/aromatic N) is 2. The number of pyridine rings is 1. The van der Waals surface area contributed by atoms with Crippen molar-refractivity contribution in [1.82, 2.24) is 9.88 Å². The summed E-state index contributed by atoms with van der Waals surface area (Å²) < 4.78 is 0. The molecule has 2 unspecified atom stereocenters. The fourth-order valence-corrected chi connectivity index (χ4v) is 3.22. The normalized spacial score (nSPS) is 24.1. The first-order chi connectivity index (χ1) is 9.78. The van der Waals surface area contributed by atoms with Crippen LogP contribution < -0.4 is 5.73 Å². The molecule has 1 aromatic heterocycles. The van der Waals surface area contributed by atoms with Crippen LogP contribution in [-0.2, 0) is 6.54 Å². The van der Waals surface area contributed by atoms with Gasteiger partial charge in [0.05, 0.1) is 0 Å². The molecule has 3 heteroatoms. The average Bonchev–Trinajstić information content (AvgIpc) is 2.49. The Bertz CT molecular complexity index is 576. The van der Waals surface area contributed by atoms with Gasteiger partial charge in [0.2, 0.25) is 0 Å². The van der Waals surface area contributed by atoms with Gasteiger partial charge < -0.3 is 5.73 Å². The number of nitrogens with two attached hydrogens (primary N) is 1. The van der Waals surface area contributed by atoms with Crippen molar-refractivity contribution in [2.45, 2.75) is 19.9 Å². The van der Waals surface area contributed by atoms with Gasteiger partial charge in [-0.05, 0) is 42.3 Å². The quantitative estimate of drug-likeness (QED) is 0.931. The van der Waals surface area contributed by atoms with E-state index in [2.05, 4.69) is 41.1 Å². The third kappa shape index (κ3) is 2.69. The van der Waals surface area contributed by atoms with Crippen LogP contribution in [0.1, 0.15) is 18.9 Å². The lowest BCUT2D eigenvalue weighted by Crippen LogP contribution is -2.42. The van der Waals surface area contributed by atoms with Crippen LogP contribution in [0.5, 0.6) is 0 Å². The second kappa shape index (κ2) is 5.90. The second-order valence-electron chi connectivity index (χ2n) is 6.02. The molecule has 0 amide bonds. The molecular formula is C17H23N3. The summed E-state index contributed by atoms with van der Waals surface area (Å²) >= 11 is 0. The molecule has 106 valence electrons. The maximum atomic E-state index is 5.90. The number of piperidine rings is 1. The van der Waals surface area contributed by atoms with E-state index in [1.54, 1.807) is 0 Å². The molecule has 2 N–H and O–H groups in total. The highest BCUT2D eigenvalue weighted by atomic mass is 15.1. The fourth-order valence-electron chi connectivity index (χ4n) is 3.22. The average molecular weight is 269 g/mol. The Morgan fingerprint density at radius 3 is 3.00 bits per heavy atom. The first-order valence-corrected chi connectivity index (χ1v) is 7.52. The van der Waals surface area contributed by atoms with Crippen molar-refractivity contribution in [1.29, 1.82) is 0 Å². The highest BCUT2D eigenvalue weighted by molar-refractivity contribution is 5.84. The van der Waals surface area contributed by atoms with Crippen molar-refractivity contribution in [3.63, 3.8) is 0 Å². The van der Waals surface area contributed by atoms with Crippen molar-refractivity contribution >= 4 is 10.8 Å². The van der Waals surface area contributed by atoms with Crippen molar-refractivity contribution in [3.05, 3.63) is 42.2 Å². The van der Waals surface area contributed by atoms with Crippen LogP contribution >= 0.6 is 0 Å². The lowest BCUT2D eigenvalue weighted by atomic mass is 9.87. The Balaban J connectivity index is 1.80. The Morgan fingerprint density at radius 1 is 1.30 bits per heavy atom. The number of hydrogen-bond donors (Lipinski definition) is 1. The van der Waals surface area contributed by atoms with E-state index in [1.165, 1.54) is 29.3 Å². The molecule has 20 heavy (non-hydrogen) atoms. The SMILES string of the molecule is CC1CCN(Cc2cncc3ccccc23)CC1CN. The van der Waals surface area contributed by atoms with Gasteiger partial charge in [0.15, 0.2) is 0 Å². The largest absolute Gasteiger partial charge is 0.330 e. The van der Waals surface area contributed by atoms with E-state index < -0.39 is 0 Å². The topological polar surface area (TPSA) is 42.2 Å². The van der Waals surface area contributed by atoms with Gasteiger partial charge >= 0.3 is 0 Å². The standard InChI is InChI=1S/C17H23N3/c1-13-6-7-20(11-15(13)8-18)12-16-10-19-9-14-4-2-3-5-17(14)16/h2-5,9-10,13,15H,6-8,11-12,18H2,1H3. The zero-order valence-corrected chi connectivity index (χ0v) is 12.1. The lowest BCUT2D eigenvalue weighted by molar-refractivity contribution is 0.126. The Labute approximate surface area is 120 Å². The van der Waals surface area contributed by atoms with E-state index >= 15 is 0 Å². The maximum Gasteiger partial charge on any atom is 0.0346 e. The third-order valence-corrected chi connectivity index (χ3v) is 4.65. The monoisotopic (exact) mass is 269 g/mol. The summed E-state index contributed by atoms with van der Waals surface area (Å²) in [4.78, 5) is 6.91. The predicted molar refractivity (Wildman–Crippen MR) is 83.3 cm³/mol. The van der Waals surface area contributed by atoms with Crippen molar-refractivity contribution < 1.29 is 0 Å². The van der Waals surface area contributed by atoms with Gasteiger partial charge in [-0.3, -0.25) is 9.88 Å². The van der Waals surface area contributed by atoms with E-state index in [0.717, 1.165) is 25.6 Å². The minimum Gasteiger partial charge on any atom is -0.330 e. The first kappa shape index (κ1) is 13.5. The minimum atomic E-state index is 0.631. The molecule has 0 radical (unpaired) electrons. The van der Waals surface area contributed by atoms with E-state index in [4.69, 9.17) is 5.73 Å². The molecule has 1 aliphatic heterocycles. The third-order valence-electron chi connectivity index (χ3n) is 4.65. The van der Waals surface area contributed by atoms with Crippen LogP contribution in [0.25, 0.3) is 10.8 Å². The molecule has 1 aliphatic rings. The van der Waals surface area contributed by atoms with Gasteiger partial charge in [0.25, 0.3) is 0 Å². The van der Waals surface area contributed by atoms with E-state index in [-0.39, 0.29) is 0 Å². The molecule has 0 bridgehead atoms. The smallest absolute Gasteiger partial charge is 0.0346 e. The number of fused-ring (bicyclic) bond motifs is 1. The molecule has 0 spiro atoms. The highest BCUT2D eigenvalue weighted by Crippen LogP contribution is 2.25. The van der Waals surface area contributed by atoms with Crippen LogP contribution in [0, 0.1) is 11.8 Å². The van der Waals surface area contributed by atoms with Gasteiger partial charge in [-0.2, -0.15) is 0 Å². The molecular weight excluding hydrogens is 246 g/mol. The van der Waals surface area contributed by atoms with Gasteiger partial charge in [0.1, 0.15) is 0 Å². The van der Waals surface area contributed by atoms with Crippen LogP contribution in [0.4, 0.5) is 0 Å². The molecule has 3 nitrogen and oxygen atoms in total. The van der Waals surface area contributed by atoms with Gasteiger partial charge in [-0.15, -0.1) is 0 Å². The molecule has 2 aromatic rings. The molecule has 0 aliphatic carbocycles. The highest BCUT2D eigenvalue weighted by Gasteiger charge is 2.25. The van der Waals surface area contributed by atoms with Crippen molar-refractivity contribution in [2.75, 3.05) is 19.6 Å². The number of aromatic nitrogens is 1. The van der Waals surface area contributed by atoms with Crippen LogP contribution in [-0.4, -0.2) is 29.5 Å². The van der Waals surface area contributed by atoms with Crippen LogP contribution in [0.15, 0.2) is 36.7 Å². The predicted octanol–water partition coefficient (Wildman–Crippen LogP) is 2.65. The van der Waals surface area contributed by atoms with Crippen molar-refractivity contribution in [2.24, 2.45) is 17.6 Å². The summed E-state index contributed by atoms with van der Waals surface area (Å²) in [6, 6.07) is 8.50. The number of hydrogen-bond acceptors (Lipinski definition) is 3. The summed E-state index contributed by atoms with van der Waals surface area (Å²) in [6.07, 6.45) is 5.21. The van der Waals surface area contributed by atoms with Gasteiger partial charge in [-0.25, -0.2) is 0 Å². The molecule has 0 saturated carbocycles. The Morgan fingerprint density at radius 2 is 2.15 bits per heavy atom. The van der Waals surface area contributed by atoms with E-state index in [1.807, 2.05) is 12.4 Å². The van der Waals surface area contributed by atoms with Gasteiger partial charge in [0, 0.05) is 30.9 Å². The molecule has 1 saturated heterocycles. The summed E-state index contributed by atoms with van der Waals surface area (Å²) in [7, 11) is 0. The Kier molecular flexibility index (Phi) is 3.99. The fraction of sp³-hybridized carbons (Fsp3) is 0.471. The minimum absolute atomic E-state index is 0.631. The van der Waals surface area contributed by atoms with Crippen LogP contribution in [0.2, 0.25) is 0 Å². The van der Waals surface area contributed by atoms with E-state index in [0.29, 0.717) is 5.92 Å². The number of likely N-dealkylation sites (tertiary alicyclic amines) is 1. The second-order valence-corrected chi connectivity index (χ2v) is 6.02. The zero-order valence-electron chi connectivity index (χ0n) is 12.1. The van der Waals surface area contributed by atoms with Crippen molar-refractivity contribution in [3.8, 4) is 0 Å². The number of benzene rings is 1. The zero-order chi connectivity index (χ0) is 13.9. The Hall–Kier alpha value is -1.45. The lowest BCUT2D eigenvalue weighted by Gasteiger charge is -2.36. The molecule has 1 fully saturated rings. The molecule has 2 heterocycles. The van der Waals surface area contributed by atoms with Crippen LogP contribution in [0.3, 0.4) is 0 Å². The first-order valence-electron chi connectivity index (χ1n) is 7.52. The summed E-state index contributed by atoms with van der Waals surface area (Å²) in [5.41, 5.74) is 7.23. The summed E-state index contributed by atoms with van der Waals surface area (Å²) in [5.74, 6) is 1.38. The molecule has 3 rings (SSSR count). The summed E-state index contributed by atoms with van der Waals surface area (Å²) in [6.45, 7) is 6.39. The number of rotatable bonds is 3. The van der Waals surface area contributed by atoms with E-state index in [9.17, 15) is 0 Å². The summed E-state index contributed by atoms with van der Waals surface area (Å²) in [5, 5.41) is 2.55. The molecule has 2 atom stereocenters. The van der Waals surface area contributed by atoms with Gasteiger partial charge in [-0.1, -0.05) is 31.2 Å². The molecule has 1 aromatic carbocycles.